The number of rotatable bonds is 5. The van der Waals surface area contributed by atoms with Gasteiger partial charge in [0.25, 0.3) is 0 Å². The van der Waals surface area contributed by atoms with Crippen molar-refractivity contribution in [3.63, 3.8) is 0 Å². The molecule has 2 fully saturated rings. The number of aliphatic hydroxyl groups excluding tert-OH is 8. The smallest absolute Gasteiger partial charge is 0.224 e. The molecule has 0 aromatic heterocycles. The van der Waals surface area contributed by atoms with E-state index in [2.05, 4.69) is 0 Å². The Morgan fingerprint density at radius 3 is 1.87 bits per heavy atom. The second-order valence-corrected chi connectivity index (χ2v) is 5.56. The van der Waals surface area contributed by atoms with E-state index in [1.165, 1.54) is 0 Å². The maximum Gasteiger partial charge on any atom is 0.224 e. The van der Waals surface area contributed by atoms with Gasteiger partial charge < -0.3 is 55.1 Å². The fraction of sp³-hybridized carbons (Fsp3) is 1.00. The second kappa shape index (κ2) is 7.21. The summed E-state index contributed by atoms with van der Waals surface area (Å²) in [5.41, 5.74) is 0. The second-order valence-electron chi connectivity index (χ2n) is 5.56. The van der Waals surface area contributed by atoms with E-state index >= 15 is 0 Å². The SMILES string of the molecule is OC[C@H]1O[C@@](CO)(OC2O[C@H](CO)[C@@H](O)[C@H](O)[C@H]2O)[C@@H](O)[C@@H]1O. The minimum Gasteiger partial charge on any atom is -0.394 e. The van der Waals surface area contributed by atoms with Crippen LogP contribution in [0.4, 0.5) is 0 Å². The summed E-state index contributed by atoms with van der Waals surface area (Å²) in [7, 11) is 0. The van der Waals surface area contributed by atoms with Gasteiger partial charge in [-0.15, -0.1) is 0 Å². The molecule has 2 aliphatic heterocycles. The van der Waals surface area contributed by atoms with E-state index in [-0.39, 0.29) is 0 Å². The first-order chi connectivity index (χ1) is 10.8. The first kappa shape index (κ1) is 18.9. The molecule has 0 spiro atoms. The van der Waals surface area contributed by atoms with Gasteiger partial charge in [0.15, 0.2) is 6.29 Å². The summed E-state index contributed by atoms with van der Waals surface area (Å²) in [6, 6.07) is 0. The fourth-order valence-corrected chi connectivity index (χ4v) is 2.63. The van der Waals surface area contributed by atoms with Gasteiger partial charge >= 0.3 is 0 Å². The van der Waals surface area contributed by atoms with Gasteiger partial charge in [0.1, 0.15) is 49.3 Å². The van der Waals surface area contributed by atoms with Crippen LogP contribution in [0, 0.1) is 0 Å². The number of aliphatic hydroxyl groups is 8. The van der Waals surface area contributed by atoms with Crippen LogP contribution in [0.2, 0.25) is 0 Å². The highest BCUT2D eigenvalue weighted by Crippen LogP contribution is 2.35. The van der Waals surface area contributed by atoms with Crippen molar-refractivity contribution < 1.29 is 55.1 Å². The average molecular weight is 342 g/mol. The molecule has 23 heavy (non-hydrogen) atoms. The number of hydrogen-bond acceptors (Lipinski definition) is 11. The summed E-state index contributed by atoms with van der Waals surface area (Å²) in [6.45, 7) is -2.32. The normalized spacial score (nSPS) is 51.1. The van der Waals surface area contributed by atoms with Crippen molar-refractivity contribution >= 4 is 0 Å². The Labute approximate surface area is 130 Å². The van der Waals surface area contributed by atoms with Crippen LogP contribution in [0.15, 0.2) is 0 Å². The van der Waals surface area contributed by atoms with E-state index in [0.29, 0.717) is 0 Å². The lowest BCUT2D eigenvalue weighted by Gasteiger charge is -2.43. The van der Waals surface area contributed by atoms with Gasteiger partial charge in [-0.2, -0.15) is 0 Å². The minimum atomic E-state index is -2.22. The molecular formula is C12H22O11. The highest BCUT2D eigenvalue weighted by molar-refractivity contribution is 4.98. The Balaban J connectivity index is 2.18. The molecular weight excluding hydrogens is 320 g/mol. The third kappa shape index (κ3) is 3.23. The van der Waals surface area contributed by atoms with E-state index in [4.69, 9.17) is 24.4 Å². The maximum atomic E-state index is 10.00. The highest BCUT2D eigenvalue weighted by atomic mass is 16.8. The Kier molecular flexibility index (Phi) is 5.92. The lowest BCUT2D eigenvalue weighted by molar-refractivity contribution is -0.383. The van der Waals surface area contributed by atoms with Crippen LogP contribution in [0.1, 0.15) is 0 Å². The van der Waals surface area contributed by atoms with Gasteiger partial charge in [-0.25, -0.2) is 0 Å². The first-order valence-electron chi connectivity index (χ1n) is 7.05. The predicted molar refractivity (Wildman–Crippen MR) is 68.6 cm³/mol. The summed E-state index contributed by atoms with van der Waals surface area (Å²) < 4.78 is 15.4. The quantitative estimate of drug-likeness (QED) is 0.238. The molecule has 2 rings (SSSR count). The van der Waals surface area contributed by atoms with Gasteiger partial charge in [-0.1, -0.05) is 0 Å². The lowest BCUT2D eigenvalue weighted by Crippen LogP contribution is -2.62. The highest BCUT2D eigenvalue weighted by Gasteiger charge is 2.58. The molecule has 0 aliphatic carbocycles. The number of hydrogen-bond donors (Lipinski definition) is 8. The summed E-state index contributed by atoms with van der Waals surface area (Å²) in [5.74, 6) is -2.22. The third-order valence-corrected chi connectivity index (χ3v) is 4.07. The van der Waals surface area contributed by atoms with Gasteiger partial charge in [0.2, 0.25) is 5.79 Å². The Morgan fingerprint density at radius 2 is 1.39 bits per heavy atom. The summed E-state index contributed by atoms with van der Waals surface area (Å²) in [6.07, 6.45) is -12.7. The van der Waals surface area contributed by atoms with Crippen molar-refractivity contribution in [2.24, 2.45) is 0 Å². The average Bonchev–Trinajstić information content (AvgIpc) is 2.80. The van der Waals surface area contributed by atoms with Gasteiger partial charge in [0.05, 0.1) is 13.2 Å². The molecule has 0 amide bonds. The molecule has 0 saturated carbocycles. The molecule has 0 aromatic rings. The molecule has 8 N–H and O–H groups in total. The van der Waals surface area contributed by atoms with Crippen LogP contribution in [0.25, 0.3) is 0 Å². The Bertz CT molecular complexity index is 393. The van der Waals surface area contributed by atoms with Crippen LogP contribution in [-0.4, -0.2) is 115 Å². The van der Waals surface area contributed by atoms with Crippen LogP contribution in [-0.2, 0) is 14.2 Å². The number of ether oxygens (including phenoxy) is 3. The molecule has 11 heteroatoms. The first-order valence-corrected chi connectivity index (χ1v) is 7.05. The third-order valence-electron chi connectivity index (χ3n) is 4.07. The van der Waals surface area contributed by atoms with Crippen molar-refractivity contribution in [2.45, 2.75) is 54.8 Å². The zero-order valence-corrected chi connectivity index (χ0v) is 12.0. The van der Waals surface area contributed by atoms with E-state index in [0.717, 1.165) is 0 Å². The molecule has 136 valence electrons. The van der Waals surface area contributed by atoms with E-state index < -0.39 is 74.6 Å². The topological polar surface area (TPSA) is 190 Å². The predicted octanol–water partition coefficient (Wildman–Crippen LogP) is -5.40. The molecule has 0 aromatic carbocycles. The van der Waals surface area contributed by atoms with Crippen molar-refractivity contribution in [2.75, 3.05) is 19.8 Å². The van der Waals surface area contributed by atoms with Crippen molar-refractivity contribution in [3.05, 3.63) is 0 Å². The molecule has 2 saturated heterocycles. The monoisotopic (exact) mass is 342 g/mol. The van der Waals surface area contributed by atoms with Crippen LogP contribution in [0.3, 0.4) is 0 Å². The molecule has 9 atom stereocenters. The zero-order chi connectivity index (χ0) is 17.4. The largest absolute Gasteiger partial charge is 0.394 e. The van der Waals surface area contributed by atoms with Gasteiger partial charge in [0, 0.05) is 0 Å². The Hall–Kier alpha value is -0.440. The standard InChI is InChI=1S/C12H22O11/c13-1-4-6(16)8(18)9(19)11(21-4)23-12(3-15)10(20)7(17)5(2-14)22-12/h4-11,13-20H,1-3H2/t4-,5-,6-,7-,8+,9-,10+,11?,12+/m1/s1. The summed E-state index contributed by atoms with van der Waals surface area (Å²) >= 11 is 0. The zero-order valence-electron chi connectivity index (χ0n) is 12.0. The van der Waals surface area contributed by atoms with Crippen LogP contribution >= 0.6 is 0 Å². The van der Waals surface area contributed by atoms with E-state index in [9.17, 15) is 30.6 Å². The van der Waals surface area contributed by atoms with E-state index in [1.54, 1.807) is 0 Å². The molecule has 0 radical (unpaired) electrons. The molecule has 2 heterocycles. The molecule has 1 unspecified atom stereocenters. The van der Waals surface area contributed by atoms with Gasteiger partial charge in [-0.05, 0) is 0 Å². The van der Waals surface area contributed by atoms with Gasteiger partial charge in [-0.3, -0.25) is 0 Å². The summed E-state index contributed by atoms with van der Waals surface area (Å²) in [5, 5.41) is 76.7. The Morgan fingerprint density at radius 1 is 0.783 bits per heavy atom. The van der Waals surface area contributed by atoms with Crippen LogP contribution in [0.5, 0.6) is 0 Å². The molecule has 0 bridgehead atoms. The van der Waals surface area contributed by atoms with Crippen LogP contribution < -0.4 is 0 Å². The fourth-order valence-electron chi connectivity index (χ4n) is 2.63. The minimum absolute atomic E-state index is 0.669. The molecule has 11 nitrogen and oxygen atoms in total. The van der Waals surface area contributed by atoms with Crippen molar-refractivity contribution in [3.8, 4) is 0 Å². The lowest BCUT2D eigenvalue weighted by atomic mass is 9.99. The molecule has 2 aliphatic rings. The summed E-state index contributed by atoms with van der Waals surface area (Å²) in [4.78, 5) is 0. The van der Waals surface area contributed by atoms with Crippen molar-refractivity contribution in [1.29, 1.82) is 0 Å². The van der Waals surface area contributed by atoms with E-state index in [1.807, 2.05) is 0 Å². The van der Waals surface area contributed by atoms with Crippen molar-refractivity contribution in [1.82, 2.24) is 0 Å². The maximum absolute atomic E-state index is 10.00.